The maximum Gasteiger partial charge on any atom is 0.142 e. The maximum absolute atomic E-state index is 12.8. The molecule has 0 saturated heterocycles. The number of pyridine rings is 1. The highest BCUT2D eigenvalue weighted by atomic mass is 16.5. The molecule has 0 amide bonds. The number of carbonyl (C=O) groups excluding carboxylic acids is 1. The fourth-order valence-corrected chi connectivity index (χ4v) is 5.17. The summed E-state index contributed by atoms with van der Waals surface area (Å²) in [6.45, 7) is 15.5. The SMILES string of the molecule is CC[C@@H]1CN(Cc2cc(C(CCc3cn(CC)nn3)C(C)(C)C(C)=O)ccc2C)Cc2ncccc2O1. The van der Waals surface area contributed by atoms with E-state index in [2.05, 4.69) is 73.0 Å². The van der Waals surface area contributed by atoms with E-state index in [1.807, 2.05) is 29.2 Å². The minimum Gasteiger partial charge on any atom is -0.487 e. The van der Waals surface area contributed by atoms with Crippen molar-refractivity contribution >= 4 is 5.78 Å². The molecule has 0 spiro atoms. The summed E-state index contributed by atoms with van der Waals surface area (Å²) in [4.78, 5) is 19.8. The van der Waals surface area contributed by atoms with Gasteiger partial charge in [0.05, 0.1) is 11.4 Å². The number of fused-ring (bicyclic) bond motifs is 1. The van der Waals surface area contributed by atoms with Crippen molar-refractivity contribution in [3.63, 3.8) is 0 Å². The van der Waals surface area contributed by atoms with Crippen LogP contribution in [-0.2, 0) is 30.8 Å². The molecule has 0 radical (unpaired) electrons. The first kappa shape index (κ1) is 27.0. The van der Waals surface area contributed by atoms with Crippen LogP contribution in [-0.4, -0.2) is 43.3 Å². The van der Waals surface area contributed by atoms with Gasteiger partial charge in [0.25, 0.3) is 0 Å². The lowest BCUT2D eigenvalue weighted by Crippen LogP contribution is -2.32. The number of carbonyl (C=O) groups is 1. The van der Waals surface area contributed by atoms with Gasteiger partial charge >= 0.3 is 0 Å². The molecule has 0 aliphatic carbocycles. The molecule has 1 aliphatic heterocycles. The Balaban J connectivity index is 1.60. The van der Waals surface area contributed by atoms with Crippen LogP contribution in [0.3, 0.4) is 0 Å². The lowest BCUT2D eigenvalue weighted by atomic mass is 9.70. The second-order valence-corrected chi connectivity index (χ2v) is 10.9. The van der Waals surface area contributed by atoms with E-state index in [0.29, 0.717) is 0 Å². The Morgan fingerprint density at radius 3 is 2.76 bits per heavy atom. The van der Waals surface area contributed by atoms with Crippen LogP contribution in [0, 0.1) is 12.3 Å². The summed E-state index contributed by atoms with van der Waals surface area (Å²) in [5, 5.41) is 8.52. The number of benzene rings is 1. The van der Waals surface area contributed by atoms with Crippen molar-refractivity contribution in [2.45, 2.75) is 92.5 Å². The molecule has 2 atom stereocenters. The number of ether oxygens (including phenoxy) is 1. The Morgan fingerprint density at radius 2 is 2.05 bits per heavy atom. The first-order valence-corrected chi connectivity index (χ1v) is 13.5. The fourth-order valence-electron chi connectivity index (χ4n) is 5.17. The lowest BCUT2D eigenvalue weighted by Gasteiger charge is -2.33. The topological polar surface area (TPSA) is 73.1 Å². The second kappa shape index (κ2) is 11.5. The van der Waals surface area contributed by atoms with Gasteiger partial charge in [0.1, 0.15) is 17.6 Å². The van der Waals surface area contributed by atoms with Crippen LogP contribution in [0.5, 0.6) is 5.75 Å². The Hall–Kier alpha value is -3.06. The number of aryl methyl sites for hydroxylation is 3. The molecule has 0 N–H and O–H groups in total. The molecule has 4 rings (SSSR count). The molecule has 0 bridgehead atoms. The van der Waals surface area contributed by atoms with E-state index in [9.17, 15) is 4.79 Å². The molecule has 0 saturated carbocycles. The highest BCUT2D eigenvalue weighted by molar-refractivity contribution is 5.82. The first-order chi connectivity index (χ1) is 17.7. The number of aromatic nitrogens is 4. The van der Waals surface area contributed by atoms with E-state index in [-0.39, 0.29) is 17.8 Å². The van der Waals surface area contributed by atoms with Gasteiger partial charge in [-0.05, 0) is 74.8 Å². The largest absolute Gasteiger partial charge is 0.487 e. The molecule has 198 valence electrons. The monoisotopic (exact) mass is 503 g/mol. The lowest BCUT2D eigenvalue weighted by molar-refractivity contribution is -0.126. The molecule has 1 aromatic carbocycles. The highest BCUT2D eigenvalue weighted by Gasteiger charge is 2.35. The number of nitrogens with zero attached hydrogens (tertiary/aromatic N) is 5. The molecule has 37 heavy (non-hydrogen) atoms. The molecule has 7 heteroatoms. The standard InChI is InChI=1S/C30H41N5O2/c1-7-26-19-34(20-28-29(37-26)10-9-15-31-28)17-24-16-23(12-11-21(24)3)27(30(5,6)22(4)36)14-13-25-18-35(8-2)33-32-25/h9-12,15-16,18,26-27H,7-8,13-14,17,19-20H2,1-6H3/t26-,27?/m1/s1. The third-order valence-electron chi connectivity index (χ3n) is 7.98. The highest BCUT2D eigenvalue weighted by Crippen LogP contribution is 2.40. The minimum atomic E-state index is -0.486. The van der Waals surface area contributed by atoms with Crippen molar-refractivity contribution in [3.8, 4) is 5.75 Å². The van der Waals surface area contributed by atoms with Crippen LogP contribution in [0.2, 0.25) is 0 Å². The van der Waals surface area contributed by atoms with E-state index in [4.69, 9.17) is 4.74 Å². The predicted molar refractivity (Wildman–Crippen MR) is 145 cm³/mol. The average molecular weight is 504 g/mol. The predicted octanol–water partition coefficient (Wildman–Crippen LogP) is 5.51. The van der Waals surface area contributed by atoms with Gasteiger partial charge < -0.3 is 4.74 Å². The number of hydrogen-bond acceptors (Lipinski definition) is 6. The zero-order valence-corrected chi connectivity index (χ0v) is 23.2. The second-order valence-electron chi connectivity index (χ2n) is 10.9. The van der Waals surface area contributed by atoms with Crippen molar-refractivity contribution in [2.24, 2.45) is 5.41 Å². The van der Waals surface area contributed by atoms with E-state index < -0.39 is 5.41 Å². The van der Waals surface area contributed by atoms with E-state index >= 15 is 0 Å². The summed E-state index contributed by atoms with van der Waals surface area (Å²) < 4.78 is 8.12. The Labute approximate surface area is 221 Å². The summed E-state index contributed by atoms with van der Waals surface area (Å²) >= 11 is 0. The van der Waals surface area contributed by atoms with Gasteiger partial charge in [-0.1, -0.05) is 44.2 Å². The zero-order chi connectivity index (χ0) is 26.6. The Morgan fingerprint density at radius 1 is 1.24 bits per heavy atom. The van der Waals surface area contributed by atoms with Crippen molar-refractivity contribution in [3.05, 3.63) is 70.8 Å². The minimum absolute atomic E-state index is 0.0781. The van der Waals surface area contributed by atoms with Gasteiger partial charge in [-0.3, -0.25) is 19.4 Å². The summed E-state index contributed by atoms with van der Waals surface area (Å²) in [6.07, 6.45) is 6.55. The Bertz CT molecular complexity index is 1220. The molecule has 3 aromatic rings. The van der Waals surface area contributed by atoms with E-state index in [0.717, 1.165) is 62.6 Å². The maximum atomic E-state index is 12.8. The molecular formula is C30H41N5O2. The van der Waals surface area contributed by atoms with E-state index in [1.165, 1.54) is 16.7 Å². The van der Waals surface area contributed by atoms with Crippen LogP contribution >= 0.6 is 0 Å². The Kier molecular flexibility index (Phi) is 8.42. The molecule has 1 unspecified atom stereocenters. The smallest absolute Gasteiger partial charge is 0.142 e. The molecule has 1 aliphatic rings. The van der Waals surface area contributed by atoms with Crippen molar-refractivity contribution < 1.29 is 9.53 Å². The third-order valence-corrected chi connectivity index (χ3v) is 7.98. The quantitative estimate of drug-likeness (QED) is 0.363. The first-order valence-electron chi connectivity index (χ1n) is 13.5. The van der Waals surface area contributed by atoms with Crippen molar-refractivity contribution in [1.82, 2.24) is 24.9 Å². The van der Waals surface area contributed by atoms with Crippen molar-refractivity contribution in [2.75, 3.05) is 6.54 Å². The van der Waals surface area contributed by atoms with Gasteiger partial charge in [-0.2, -0.15) is 0 Å². The summed E-state index contributed by atoms with van der Waals surface area (Å²) in [5.74, 6) is 1.18. The van der Waals surface area contributed by atoms with Crippen LogP contribution < -0.4 is 4.74 Å². The number of rotatable bonds is 10. The van der Waals surface area contributed by atoms with Gasteiger partial charge in [0, 0.05) is 44.0 Å². The van der Waals surface area contributed by atoms with Gasteiger partial charge in [-0.15, -0.1) is 5.10 Å². The van der Waals surface area contributed by atoms with Crippen molar-refractivity contribution in [1.29, 1.82) is 0 Å². The van der Waals surface area contributed by atoms with Gasteiger partial charge in [-0.25, -0.2) is 0 Å². The van der Waals surface area contributed by atoms with Crippen LogP contribution in [0.25, 0.3) is 0 Å². The number of ketones is 1. The summed E-state index contributed by atoms with van der Waals surface area (Å²) in [5.41, 5.74) is 5.23. The fraction of sp³-hybridized carbons (Fsp3) is 0.533. The van der Waals surface area contributed by atoms with E-state index in [1.54, 1.807) is 6.92 Å². The van der Waals surface area contributed by atoms with Crippen LogP contribution in [0.1, 0.15) is 81.5 Å². The third kappa shape index (κ3) is 6.27. The van der Waals surface area contributed by atoms with Gasteiger partial charge in [0.2, 0.25) is 0 Å². The molecule has 2 aromatic heterocycles. The normalized spacial score (nSPS) is 17.1. The molecule has 7 nitrogen and oxygen atoms in total. The van der Waals surface area contributed by atoms with Crippen LogP contribution in [0.15, 0.2) is 42.7 Å². The van der Waals surface area contributed by atoms with Gasteiger partial charge in [0.15, 0.2) is 0 Å². The molecule has 3 heterocycles. The zero-order valence-electron chi connectivity index (χ0n) is 23.2. The molecule has 0 fully saturated rings. The average Bonchev–Trinajstić information content (AvgIpc) is 3.26. The summed E-state index contributed by atoms with van der Waals surface area (Å²) in [7, 11) is 0. The molecular weight excluding hydrogens is 462 g/mol. The summed E-state index contributed by atoms with van der Waals surface area (Å²) in [6, 6.07) is 10.7. The van der Waals surface area contributed by atoms with Crippen LogP contribution in [0.4, 0.5) is 0 Å². The number of hydrogen-bond donors (Lipinski definition) is 0. The number of Topliss-reactive ketones (excluding diaryl/α,β-unsaturated/α-hetero) is 1.